The zero-order chi connectivity index (χ0) is 10.7. The molecule has 0 radical (unpaired) electrons. The second-order valence-corrected chi connectivity index (χ2v) is 3.56. The lowest BCUT2D eigenvalue weighted by Crippen LogP contribution is -2.28. The lowest BCUT2D eigenvalue weighted by molar-refractivity contribution is 0.140. The Bertz CT molecular complexity index is 299. The predicted octanol–water partition coefficient (Wildman–Crippen LogP) is 2.25. The number of aliphatic hydroxyl groups is 1. The van der Waals surface area contributed by atoms with Crippen molar-refractivity contribution >= 4 is 11.6 Å². The number of hydrogen-bond donors (Lipinski definition) is 2. The highest BCUT2D eigenvalue weighted by molar-refractivity contribution is 6.31. The maximum Gasteiger partial charge on any atom is 0.130 e. The van der Waals surface area contributed by atoms with Crippen LogP contribution in [0.5, 0.6) is 0 Å². The van der Waals surface area contributed by atoms with Gasteiger partial charge in [0.25, 0.3) is 0 Å². The third-order valence-corrected chi connectivity index (χ3v) is 2.50. The smallest absolute Gasteiger partial charge is 0.130 e. The quantitative estimate of drug-likeness (QED) is 0.816. The molecule has 0 saturated heterocycles. The minimum absolute atomic E-state index is 0.0866. The van der Waals surface area contributed by atoms with Crippen molar-refractivity contribution in [2.75, 3.05) is 0 Å². The lowest BCUT2D eigenvalue weighted by Gasteiger charge is -2.19. The average molecular weight is 218 g/mol. The van der Waals surface area contributed by atoms with Gasteiger partial charge in [-0.1, -0.05) is 24.6 Å². The fraction of sp³-hybridized carbons (Fsp3) is 0.400. The van der Waals surface area contributed by atoms with Crippen LogP contribution < -0.4 is 5.73 Å². The van der Waals surface area contributed by atoms with E-state index in [0.717, 1.165) is 0 Å². The molecule has 4 heteroatoms. The maximum atomic E-state index is 13.3. The van der Waals surface area contributed by atoms with E-state index in [1.165, 1.54) is 18.2 Å². The van der Waals surface area contributed by atoms with Gasteiger partial charge in [-0.25, -0.2) is 4.39 Å². The molecule has 14 heavy (non-hydrogen) atoms. The largest absolute Gasteiger partial charge is 0.387 e. The van der Waals surface area contributed by atoms with Crippen LogP contribution in [0.2, 0.25) is 5.02 Å². The van der Waals surface area contributed by atoms with Crippen LogP contribution in [-0.4, -0.2) is 11.1 Å². The van der Waals surface area contributed by atoms with Crippen molar-refractivity contribution in [3.05, 3.63) is 34.6 Å². The van der Waals surface area contributed by atoms with Crippen molar-refractivity contribution in [1.82, 2.24) is 0 Å². The Labute approximate surface area is 87.5 Å². The second kappa shape index (κ2) is 4.73. The molecule has 0 aromatic heterocycles. The molecular weight excluding hydrogens is 205 g/mol. The number of hydrogen-bond acceptors (Lipinski definition) is 2. The van der Waals surface area contributed by atoms with Crippen molar-refractivity contribution < 1.29 is 9.50 Å². The average Bonchev–Trinajstić information content (AvgIpc) is 2.16. The topological polar surface area (TPSA) is 46.2 Å². The molecule has 0 spiro atoms. The zero-order valence-corrected chi connectivity index (χ0v) is 8.63. The van der Waals surface area contributed by atoms with Crippen LogP contribution in [0.3, 0.4) is 0 Å². The van der Waals surface area contributed by atoms with Gasteiger partial charge in [-0.2, -0.15) is 0 Å². The van der Waals surface area contributed by atoms with Gasteiger partial charge in [-0.15, -0.1) is 0 Å². The van der Waals surface area contributed by atoms with E-state index < -0.39 is 18.0 Å². The number of rotatable bonds is 3. The molecule has 0 heterocycles. The fourth-order valence-corrected chi connectivity index (χ4v) is 1.51. The fourth-order valence-electron chi connectivity index (χ4n) is 1.23. The number of aliphatic hydroxyl groups excluding tert-OH is 1. The number of benzene rings is 1. The first-order valence-electron chi connectivity index (χ1n) is 4.45. The summed E-state index contributed by atoms with van der Waals surface area (Å²) in [7, 11) is 0. The molecule has 0 bridgehead atoms. The molecule has 78 valence electrons. The van der Waals surface area contributed by atoms with E-state index in [4.69, 9.17) is 17.3 Å². The van der Waals surface area contributed by atoms with Crippen LogP contribution in [0.15, 0.2) is 18.2 Å². The Hall–Kier alpha value is -0.640. The van der Waals surface area contributed by atoms with E-state index in [1.54, 1.807) is 0 Å². The van der Waals surface area contributed by atoms with Gasteiger partial charge in [0.1, 0.15) is 5.82 Å². The van der Waals surface area contributed by atoms with Crippen LogP contribution in [0.1, 0.15) is 25.0 Å². The molecule has 1 aromatic carbocycles. The van der Waals surface area contributed by atoms with Crippen molar-refractivity contribution in [2.24, 2.45) is 5.73 Å². The van der Waals surface area contributed by atoms with Gasteiger partial charge in [0, 0.05) is 16.6 Å². The normalized spacial score (nSPS) is 15.2. The summed E-state index contributed by atoms with van der Waals surface area (Å²) in [5.74, 6) is -0.520. The van der Waals surface area contributed by atoms with Crippen molar-refractivity contribution in [3.63, 3.8) is 0 Å². The summed E-state index contributed by atoms with van der Waals surface area (Å²) < 4.78 is 13.3. The van der Waals surface area contributed by atoms with Gasteiger partial charge in [-0.05, 0) is 18.6 Å². The van der Waals surface area contributed by atoms with E-state index in [2.05, 4.69) is 0 Å². The van der Waals surface area contributed by atoms with E-state index >= 15 is 0 Å². The summed E-state index contributed by atoms with van der Waals surface area (Å²) in [5.41, 5.74) is 5.70. The van der Waals surface area contributed by atoms with Gasteiger partial charge >= 0.3 is 0 Å². The second-order valence-electron chi connectivity index (χ2n) is 3.15. The van der Waals surface area contributed by atoms with Crippen LogP contribution in [0, 0.1) is 5.82 Å². The van der Waals surface area contributed by atoms with E-state index in [0.29, 0.717) is 6.42 Å². The number of nitrogens with two attached hydrogens (primary N) is 1. The summed E-state index contributed by atoms with van der Waals surface area (Å²) in [6.07, 6.45) is -0.486. The van der Waals surface area contributed by atoms with Crippen LogP contribution >= 0.6 is 11.6 Å². The Morgan fingerprint density at radius 3 is 2.71 bits per heavy atom. The molecule has 0 aliphatic carbocycles. The Kier molecular flexibility index (Phi) is 3.86. The molecule has 2 atom stereocenters. The Balaban J connectivity index is 3.05. The summed E-state index contributed by atoms with van der Waals surface area (Å²) in [6, 6.07) is 3.79. The summed E-state index contributed by atoms with van der Waals surface area (Å²) in [4.78, 5) is 0. The molecule has 1 aromatic rings. The van der Waals surface area contributed by atoms with Crippen LogP contribution in [-0.2, 0) is 0 Å². The molecule has 0 saturated carbocycles. The first kappa shape index (κ1) is 11.4. The molecule has 0 aliphatic heterocycles. The Morgan fingerprint density at radius 1 is 1.57 bits per heavy atom. The molecule has 0 aliphatic rings. The maximum absolute atomic E-state index is 13.3. The summed E-state index contributed by atoms with van der Waals surface area (Å²) in [6.45, 7) is 1.82. The standard InChI is InChI=1S/C10H13ClFNO/c1-2-8(13)10(14)9-6(11)4-3-5-7(9)12/h3-5,8,10,14H,2,13H2,1H3/t8-,10+/m1/s1. The molecule has 0 fully saturated rings. The first-order chi connectivity index (χ1) is 6.57. The van der Waals surface area contributed by atoms with E-state index in [9.17, 15) is 9.50 Å². The lowest BCUT2D eigenvalue weighted by atomic mass is 10.0. The minimum Gasteiger partial charge on any atom is -0.387 e. The Morgan fingerprint density at radius 2 is 2.21 bits per heavy atom. The van der Waals surface area contributed by atoms with Gasteiger partial charge in [0.05, 0.1) is 6.10 Å². The highest BCUT2D eigenvalue weighted by Gasteiger charge is 2.21. The molecule has 0 unspecified atom stereocenters. The highest BCUT2D eigenvalue weighted by atomic mass is 35.5. The third kappa shape index (κ3) is 2.23. The minimum atomic E-state index is -1.05. The predicted molar refractivity (Wildman–Crippen MR) is 54.6 cm³/mol. The van der Waals surface area contributed by atoms with E-state index in [-0.39, 0.29) is 10.6 Å². The van der Waals surface area contributed by atoms with E-state index in [1.807, 2.05) is 6.92 Å². The summed E-state index contributed by atoms with van der Waals surface area (Å²) >= 11 is 5.77. The number of halogens is 2. The SMILES string of the molecule is CC[C@@H](N)[C@H](O)c1c(F)cccc1Cl. The van der Waals surface area contributed by atoms with Gasteiger partial charge in [-0.3, -0.25) is 0 Å². The van der Waals surface area contributed by atoms with Gasteiger partial charge in [0.2, 0.25) is 0 Å². The monoisotopic (exact) mass is 217 g/mol. The first-order valence-corrected chi connectivity index (χ1v) is 4.83. The van der Waals surface area contributed by atoms with Crippen molar-refractivity contribution in [3.8, 4) is 0 Å². The molecule has 2 nitrogen and oxygen atoms in total. The van der Waals surface area contributed by atoms with Crippen molar-refractivity contribution in [2.45, 2.75) is 25.5 Å². The third-order valence-electron chi connectivity index (χ3n) is 2.17. The van der Waals surface area contributed by atoms with Gasteiger partial charge < -0.3 is 10.8 Å². The summed E-state index contributed by atoms with van der Waals surface area (Å²) in [5, 5.41) is 9.91. The zero-order valence-electron chi connectivity index (χ0n) is 7.87. The molecule has 1 rings (SSSR count). The van der Waals surface area contributed by atoms with Crippen molar-refractivity contribution in [1.29, 1.82) is 0 Å². The van der Waals surface area contributed by atoms with Crippen LogP contribution in [0.25, 0.3) is 0 Å². The molecule has 3 N–H and O–H groups in total. The van der Waals surface area contributed by atoms with Gasteiger partial charge in [0.15, 0.2) is 0 Å². The molecule has 0 amide bonds. The molecular formula is C10H13ClFNO. The van der Waals surface area contributed by atoms with Crippen LogP contribution in [0.4, 0.5) is 4.39 Å². The highest BCUT2D eigenvalue weighted by Crippen LogP contribution is 2.27.